The predicted octanol–water partition coefficient (Wildman–Crippen LogP) is 3.48. The summed E-state index contributed by atoms with van der Waals surface area (Å²) in [6.07, 6.45) is 7.86. The van der Waals surface area contributed by atoms with Crippen LogP contribution in [0.5, 0.6) is 0 Å². The average Bonchev–Trinajstić information content (AvgIpc) is 2.05. The molecule has 0 heteroatoms. The SMILES string of the molecule is C=CC1=CC[C@H](C(=C)C)CC1. The Kier molecular flexibility index (Phi) is 2.70. The smallest absolute Gasteiger partial charge is 0.0171 e. The van der Waals surface area contributed by atoms with Crippen LogP contribution in [0.2, 0.25) is 0 Å². The van der Waals surface area contributed by atoms with Crippen LogP contribution in [-0.2, 0) is 0 Å². The number of rotatable bonds is 2. The average molecular weight is 148 g/mol. The predicted molar refractivity (Wildman–Crippen MR) is 50.4 cm³/mol. The summed E-state index contributed by atoms with van der Waals surface area (Å²) in [6, 6.07) is 0. The van der Waals surface area contributed by atoms with Gasteiger partial charge in [-0.15, -0.1) is 0 Å². The van der Waals surface area contributed by atoms with Gasteiger partial charge in [-0.05, 0) is 32.1 Å². The van der Waals surface area contributed by atoms with Gasteiger partial charge in [0.1, 0.15) is 0 Å². The monoisotopic (exact) mass is 148 g/mol. The molecule has 0 aromatic heterocycles. The highest BCUT2D eigenvalue weighted by atomic mass is 14.2. The van der Waals surface area contributed by atoms with Gasteiger partial charge in [0.2, 0.25) is 0 Å². The van der Waals surface area contributed by atoms with Crippen LogP contribution in [0, 0.1) is 5.92 Å². The molecule has 60 valence electrons. The van der Waals surface area contributed by atoms with Crippen molar-refractivity contribution in [3.63, 3.8) is 0 Å². The van der Waals surface area contributed by atoms with E-state index in [0.29, 0.717) is 0 Å². The number of hydrogen-bond donors (Lipinski definition) is 0. The molecule has 0 heterocycles. The summed E-state index contributed by atoms with van der Waals surface area (Å²) < 4.78 is 0. The van der Waals surface area contributed by atoms with E-state index in [0.717, 1.165) is 12.3 Å². The van der Waals surface area contributed by atoms with Gasteiger partial charge < -0.3 is 0 Å². The summed E-state index contributed by atoms with van der Waals surface area (Å²) in [7, 11) is 0. The van der Waals surface area contributed by atoms with Gasteiger partial charge >= 0.3 is 0 Å². The normalized spacial score (nSPS) is 24.1. The van der Waals surface area contributed by atoms with Crippen molar-refractivity contribution < 1.29 is 0 Å². The molecule has 1 atom stereocenters. The van der Waals surface area contributed by atoms with Crippen LogP contribution < -0.4 is 0 Å². The molecule has 0 fully saturated rings. The Balaban J connectivity index is 2.54. The van der Waals surface area contributed by atoms with Crippen molar-refractivity contribution in [1.82, 2.24) is 0 Å². The zero-order valence-corrected chi connectivity index (χ0v) is 7.27. The zero-order valence-electron chi connectivity index (χ0n) is 7.27. The molecular weight excluding hydrogens is 132 g/mol. The summed E-state index contributed by atoms with van der Waals surface area (Å²) >= 11 is 0. The molecule has 0 aromatic rings. The maximum atomic E-state index is 3.97. The Morgan fingerprint density at radius 3 is 2.82 bits per heavy atom. The van der Waals surface area contributed by atoms with E-state index in [1.807, 2.05) is 6.08 Å². The fourth-order valence-electron chi connectivity index (χ4n) is 1.49. The summed E-state index contributed by atoms with van der Waals surface area (Å²) in [4.78, 5) is 0. The third kappa shape index (κ3) is 2.07. The Morgan fingerprint density at radius 1 is 1.73 bits per heavy atom. The minimum absolute atomic E-state index is 0.721. The molecule has 0 aromatic carbocycles. The third-order valence-electron chi connectivity index (χ3n) is 2.41. The van der Waals surface area contributed by atoms with E-state index in [4.69, 9.17) is 0 Å². The first-order chi connectivity index (χ1) is 5.24. The van der Waals surface area contributed by atoms with Crippen LogP contribution in [0.4, 0.5) is 0 Å². The zero-order chi connectivity index (χ0) is 8.27. The minimum Gasteiger partial charge on any atom is -0.0998 e. The van der Waals surface area contributed by atoms with Crippen molar-refractivity contribution in [2.45, 2.75) is 26.2 Å². The lowest BCUT2D eigenvalue weighted by molar-refractivity contribution is 0.545. The molecule has 0 spiro atoms. The van der Waals surface area contributed by atoms with E-state index in [2.05, 4.69) is 26.2 Å². The second-order valence-corrected chi connectivity index (χ2v) is 3.30. The van der Waals surface area contributed by atoms with Gasteiger partial charge in [-0.1, -0.05) is 36.5 Å². The van der Waals surface area contributed by atoms with Gasteiger partial charge in [0.05, 0.1) is 0 Å². The van der Waals surface area contributed by atoms with Gasteiger partial charge in [-0.2, -0.15) is 0 Å². The molecule has 0 aliphatic heterocycles. The molecule has 1 rings (SSSR count). The highest BCUT2D eigenvalue weighted by Gasteiger charge is 2.12. The molecule has 0 nitrogen and oxygen atoms in total. The maximum absolute atomic E-state index is 3.97. The molecule has 0 unspecified atom stereocenters. The highest BCUT2D eigenvalue weighted by molar-refractivity contribution is 5.20. The third-order valence-corrected chi connectivity index (χ3v) is 2.41. The fraction of sp³-hybridized carbons (Fsp3) is 0.455. The van der Waals surface area contributed by atoms with E-state index in [9.17, 15) is 0 Å². The Bertz CT molecular complexity index is 196. The molecule has 0 N–H and O–H groups in total. The summed E-state index contributed by atoms with van der Waals surface area (Å²) in [6.45, 7) is 9.86. The molecular formula is C11H16. The van der Waals surface area contributed by atoms with Gasteiger partial charge in [-0.3, -0.25) is 0 Å². The number of allylic oxidation sites excluding steroid dienone is 4. The first kappa shape index (κ1) is 8.32. The van der Waals surface area contributed by atoms with E-state index in [-0.39, 0.29) is 0 Å². The van der Waals surface area contributed by atoms with Crippen molar-refractivity contribution in [2.75, 3.05) is 0 Å². The lowest BCUT2D eigenvalue weighted by atomic mass is 9.86. The largest absolute Gasteiger partial charge is 0.0998 e. The standard InChI is InChI=1S/C11H16/c1-4-10-5-7-11(8-6-10)9(2)3/h4-5,11H,1-2,6-8H2,3H3/t11-/m0/s1. The maximum Gasteiger partial charge on any atom is -0.0171 e. The van der Waals surface area contributed by atoms with Crippen LogP contribution in [0.25, 0.3) is 0 Å². The topological polar surface area (TPSA) is 0 Å². The molecule has 0 saturated heterocycles. The van der Waals surface area contributed by atoms with Crippen molar-refractivity contribution in [3.05, 3.63) is 36.5 Å². The Hall–Kier alpha value is -0.780. The summed E-state index contributed by atoms with van der Waals surface area (Å²) in [5.74, 6) is 0.721. The second-order valence-electron chi connectivity index (χ2n) is 3.30. The Labute approximate surface area is 69.3 Å². The van der Waals surface area contributed by atoms with Crippen molar-refractivity contribution in [1.29, 1.82) is 0 Å². The molecule has 11 heavy (non-hydrogen) atoms. The first-order valence-electron chi connectivity index (χ1n) is 4.21. The second kappa shape index (κ2) is 3.56. The Morgan fingerprint density at radius 2 is 2.45 bits per heavy atom. The number of hydrogen-bond acceptors (Lipinski definition) is 0. The van der Waals surface area contributed by atoms with Gasteiger partial charge in [-0.25, -0.2) is 0 Å². The molecule has 0 radical (unpaired) electrons. The van der Waals surface area contributed by atoms with Gasteiger partial charge in [0, 0.05) is 0 Å². The van der Waals surface area contributed by atoms with Gasteiger partial charge in [0.25, 0.3) is 0 Å². The van der Waals surface area contributed by atoms with E-state index in [1.165, 1.54) is 24.0 Å². The first-order valence-corrected chi connectivity index (χ1v) is 4.21. The van der Waals surface area contributed by atoms with Crippen molar-refractivity contribution in [2.24, 2.45) is 5.92 Å². The summed E-state index contributed by atoms with van der Waals surface area (Å²) in [5, 5.41) is 0. The minimum atomic E-state index is 0.721. The lowest BCUT2D eigenvalue weighted by Crippen LogP contribution is -2.05. The molecule has 0 saturated carbocycles. The van der Waals surface area contributed by atoms with Crippen LogP contribution in [0.1, 0.15) is 26.2 Å². The van der Waals surface area contributed by atoms with Crippen LogP contribution in [0.15, 0.2) is 36.5 Å². The quantitative estimate of drug-likeness (QED) is 0.526. The van der Waals surface area contributed by atoms with Crippen LogP contribution >= 0.6 is 0 Å². The molecule has 0 bridgehead atoms. The highest BCUT2D eigenvalue weighted by Crippen LogP contribution is 2.28. The van der Waals surface area contributed by atoms with E-state index >= 15 is 0 Å². The molecule has 0 amide bonds. The fourth-order valence-corrected chi connectivity index (χ4v) is 1.49. The molecule has 1 aliphatic rings. The van der Waals surface area contributed by atoms with Crippen LogP contribution in [0.3, 0.4) is 0 Å². The van der Waals surface area contributed by atoms with Crippen molar-refractivity contribution >= 4 is 0 Å². The molecule has 1 aliphatic carbocycles. The summed E-state index contributed by atoms with van der Waals surface area (Å²) in [5.41, 5.74) is 2.73. The van der Waals surface area contributed by atoms with Crippen LogP contribution in [-0.4, -0.2) is 0 Å². The van der Waals surface area contributed by atoms with E-state index in [1.54, 1.807) is 0 Å². The van der Waals surface area contributed by atoms with Gasteiger partial charge in [0.15, 0.2) is 0 Å². The van der Waals surface area contributed by atoms with Crippen molar-refractivity contribution in [3.8, 4) is 0 Å². The van der Waals surface area contributed by atoms with E-state index < -0.39 is 0 Å². The lowest BCUT2D eigenvalue weighted by Gasteiger charge is -2.20.